The molecule has 0 fully saturated rings. The Kier molecular flexibility index (Phi) is 6.47. The number of benzene rings is 4. The van der Waals surface area contributed by atoms with Crippen molar-refractivity contribution in [2.24, 2.45) is 0 Å². The van der Waals surface area contributed by atoms with E-state index in [1.165, 1.54) is 0 Å². The van der Waals surface area contributed by atoms with Crippen LogP contribution in [0.2, 0.25) is 0 Å². The molecule has 7 nitrogen and oxygen atoms in total. The fourth-order valence-corrected chi connectivity index (χ4v) is 5.03. The third-order valence-electron chi connectivity index (χ3n) is 7.19. The van der Waals surface area contributed by atoms with Crippen molar-refractivity contribution in [1.82, 2.24) is 4.98 Å². The van der Waals surface area contributed by atoms with Crippen molar-refractivity contribution in [3.05, 3.63) is 131 Å². The van der Waals surface area contributed by atoms with Gasteiger partial charge in [-0.1, -0.05) is 72.8 Å². The zero-order chi connectivity index (χ0) is 28.7. The number of amides is 2. The van der Waals surface area contributed by atoms with E-state index in [0.717, 1.165) is 10.5 Å². The molecule has 7 heteroatoms. The molecule has 0 bridgehead atoms. The minimum Gasteiger partial charge on any atom is -0.451 e. The highest BCUT2D eigenvalue weighted by molar-refractivity contribution is 6.34. The van der Waals surface area contributed by atoms with Gasteiger partial charge in [0.15, 0.2) is 6.10 Å². The lowest BCUT2D eigenvalue weighted by Crippen LogP contribution is -2.29. The summed E-state index contributed by atoms with van der Waals surface area (Å²) >= 11 is 0. The van der Waals surface area contributed by atoms with E-state index in [-0.39, 0.29) is 23.2 Å². The van der Waals surface area contributed by atoms with Crippen molar-refractivity contribution in [2.75, 3.05) is 4.90 Å². The number of imide groups is 1. The number of para-hydroxylation sites is 1. The predicted octanol–water partition coefficient (Wildman–Crippen LogP) is 6.44. The van der Waals surface area contributed by atoms with Crippen LogP contribution in [0.4, 0.5) is 5.69 Å². The van der Waals surface area contributed by atoms with Crippen LogP contribution in [-0.2, 0) is 4.74 Å². The monoisotopic (exact) mass is 540 g/mol. The molecule has 200 valence electrons. The molecule has 0 aliphatic carbocycles. The molecule has 41 heavy (non-hydrogen) atoms. The van der Waals surface area contributed by atoms with Gasteiger partial charge in [-0.15, -0.1) is 0 Å². The first kappa shape index (κ1) is 25.8. The number of aryl methyl sites for hydroxylation is 1. The fourth-order valence-electron chi connectivity index (χ4n) is 5.03. The second-order valence-corrected chi connectivity index (χ2v) is 9.84. The summed E-state index contributed by atoms with van der Waals surface area (Å²) in [6.07, 6.45) is -0.986. The van der Waals surface area contributed by atoms with Crippen molar-refractivity contribution in [3.63, 3.8) is 0 Å². The molecular formula is C34H24N2O5. The third-order valence-corrected chi connectivity index (χ3v) is 7.19. The number of pyridine rings is 1. The number of ketones is 1. The summed E-state index contributed by atoms with van der Waals surface area (Å²) < 4.78 is 5.63. The van der Waals surface area contributed by atoms with Gasteiger partial charge in [0.2, 0.25) is 5.78 Å². The molecule has 5 aromatic rings. The Balaban J connectivity index is 1.33. The van der Waals surface area contributed by atoms with Gasteiger partial charge in [0.25, 0.3) is 11.8 Å². The van der Waals surface area contributed by atoms with Crippen molar-refractivity contribution in [3.8, 4) is 11.3 Å². The minimum absolute atomic E-state index is 0.283. The number of rotatable bonds is 6. The number of Topliss-reactive ketones (excluding diaryl/α,β-unsaturated/α-hetero) is 1. The smallest absolute Gasteiger partial charge is 0.339 e. The van der Waals surface area contributed by atoms with E-state index in [2.05, 4.69) is 0 Å². The van der Waals surface area contributed by atoms with E-state index < -0.39 is 12.1 Å². The lowest BCUT2D eigenvalue weighted by molar-refractivity contribution is 0.0320. The van der Waals surface area contributed by atoms with Crippen molar-refractivity contribution in [2.45, 2.75) is 20.0 Å². The summed E-state index contributed by atoms with van der Waals surface area (Å²) in [5, 5.41) is 0.612. The molecule has 0 radical (unpaired) electrons. The highest BCUT2D eigenvalue weighted by atomic mass is 16.5. The molecule has 4 aromatic carbocycles. The van der Waals surface area contributed by atoms with Crippen molar-refractivity contribution >= 4 is 40.2 Å². The number of esters is 1. The molecule has 1 aromatic heterocycles. The molecule has 1 aliphatic rings. The van der Waals surface area contributed by atoms with Crippen LogP contribution in [0.15, 0.2) is 103 Å². The summed E-state index contributed by atoms with van der Waals surface area (Å²) in [5.41, 5.74) is 4.61. The van der Waals surface area contributed by atoms with Crippen LogP contribution in [0.3, 0.4) is 0 Å². The molecule has 0 saturated heterocycles. The van der Waals surface area contributed by atoms with Crippen LogP contribution in [0, 0.1) is 6.92 Å². The van der Waals surface area contributed by atoms with E-state index in [1.807, 2.05) is 25.1 Å². The third kappa shape index (κ3) is 4.57. The summed E-state index contributed by atoms with van der Waals surface area (Å²) in [7, 11) is 0. The number of hydrogen-bond donors (Lipinski definition) is 0. The topological polar surface area (TPSA) is 93.6 Å². The zero-order valence-corrected chi connectivity index (χ0v) is 22.3. The maximum atomic E-state index is 13.4. The summed E-state index contributed by atoms with van der Waals surface area (Å²) in [6, 6.07) is 29.5. The van der Waals surface area contributed by atoms with Gasteiger partial charge in [-0.3, -0.25) is 14.4 Å². The average Bonchev–Trinajstić information content (AvgIpc) is 3.26. The summed E-state index contributed by atoms with van der Waals surface area (Å²) in [4.78, 5) is 58.0. The molecule has 6 rings (SSSR count). The average molecular weight is 541 g/mol. The Morgan fingerprint density at radius 3 is 2.07 bits per heavy atom. The van der Waals surface area contributed by atoms with E-state index in [4.69, 9.17) is 9.72 Å². The van der Waals surface area contributed by atoms with E-state index in [9.17, 15) is 19.2 Å². The maximum absolute atomic E-state index is 13.4. The highest BCUT2D eigenvalue weighted by Gasteiger charge is 2.36. The molecule has 0 spiro atoms. The standard InChI is InChI=1S/C34H24N2O5/c1-20-9-8-14-25-28(34(40)41-21(2)31(37)23-10-4-3-5-11-23)19-29(35-30(20)25)22-15-17-24(18-16-22)36-32(38)26-12-6-7-13-27(26)33(36)39/h3-19,21H,1-2H3. The lowest BCUT2D eigenvalue weighted by Gasteiger charge is -2.16. The van der Waals surface area contributed by atoms with Crippen LogP contribution < -0.4 is 4.90 Å². The van der Waals surface area contributed by atoms with Gasteiger partial charge in [-0.25, -0.2) is 14.7 Å². The number of carbonyl (C=O) groups excluding carboxylic acids is 4. The van der Waals surface area contributed by atoms with E-state index >= 15 is 0 Å². The molecule has 1 unspecified atom stereocenters. The normalized spacial score (nSPS) is 13.3. The second kappa shape index (κ2) is 10.3. The van der Waals surface area contributed by atoms with E-state index in [1.54, 1.807) is 91.9 Å². The molecule has 2 heterocycles. The fraction of sp³-hybridized carbons (Fsp3) is 0.0882. The first-order valence-electron chi connectivity index (χ1n) is 13.1. The van der Waals surface area contributed by atoms with Crippen LogP contribution in [0.1, 0.15) is 53.9 Å². The predicted molar refractivity (Wildman–Crippen MR) is 155 cm³/mol. The van der Waals surface area contributed by atoms with E-state index in [0.29, 0.717) is 44.5 Å². The van der Waals surface area contributed by atoms with Gasteiger partial charge in [0, 0.05) is 16.5 Å². The van der Waals surface area contributed by atoms with Gasteiger partial charge in [-0.2, -0.15) is 0 Å². The first-order valence-corrected chi connectivity index (χ1v) is 13.1. The Bertz CT molecular complexity index is 1830. The Morgan fingerprint density at radius 2 is 1.41 bits per heavy atom. The molecule has 0 saturated carbocycles. The second-order valence-electron chi connectivity index (χ2n) is 9.84. The van der Waals surface area contributed by atoms with Crippen LogP contribution in [0.5, 0.6) is 0 Å². The van der Waals surface area contributed by atoms with Crippen LogP contribution >= 0.6 is 0 Å². The zero-order valence-electron chi connectivity index (χ0n) is 22.3. The number of hydrogen-bond acceptors (Lipinski definition) is 6. The summed E-state index contributed by atoms with van der Waals surface area (Å²) in [6.45, 7) is 3.46. The number of anilines is 1. The minimum atomic E-state index is -0.986. The quantitative estimate of drug-likeness (QED) is 0.140. The number of nitrogens with zero attached hydrogens (tertiary/aromatic N) is 2. The molecule has 1 atom stereocenters. The van der Waals surface area contributed by atoms with Gasteiger partial charge >= 0.3 is 5.97 Å². The van der Waals surface area contributed by atoms with Crippen molar-refractivity contribution < 1.29 is 23.9 Å². The van der Waals surface area contributed by atoms with Crippen LogP contribution in [0.25, 0.3) is 22.2 Å². The maximum Gasteiger partial charge on any atom is 0.339 e. The highest BCUT2D eigenvalue weighted by Crippen LogP contribution is 2.32. The van der Waals surface area contributed by atoms with Gasteiger partial charge in [0.05, 0.1) is 33.6 Å². The van der Waals surface area contributed by atoms with Gasteiger partial charge in [0.1, 0.15) is 0 Å². The Labute approximate surface area is 236 Å². The number of carbonyl (C=O) groups is 4. The van der Waals surface area contributed by atoms with Crippen LogP contribution in [-0.4, -0.2) is 34.7 Å². The Hall–Kier alpha value is -5.43. The van der Waals surface area contributed by atoms with Gasteiger partial charge in [-0.05, 0) is 49.7 Å². The Morgan fingerprint density at radius 1 is 0.780 bits per heavy atom. The number of ether oxygens (including phenoxy) is 1. The molecule has 1 aliphatic heterocycles. The van der Waals surface area contributed by atoms with Gasteiger partial charge < -0.3 is 4.74 Å². The van der Waals surface area contributed by atoms with Crippen molar-refractivity contribution in [1.29, 1.82) is 0 Å². The number of fused-ring (bicyclic) bond motifs is 2. The summed E-state index contributed by atoms with van der Waals surface area (Å²) in [5.74, 6) is -1.68. The molecular weight excluding hydrogens is 516 g/mol. The lowest BCUT2D eigenvalue weighted by atomic mass is 10.0. The molecule has 0 N–H and O–H groups in total. The molecule has 2 amide bonds. The first-order chi connectivity index (χ1) is 19.8. The number of aromatic nitrogens is 1. The largest absolute Gasteiger partial charge is 0.451 e. The SMILES string of the molecule is Cc1cccc2c(C(=O)OC(C)C(=O)c3ccccc3)cc(-c3ccc(N4C(=O)c5ccccc5C4=O)cc3)nc12.